The number of carbonyl (C=O) groups excluding carboxylic acids is 1. The van der Waals surface area contributed by atoms with Crippen LogP contribution in [0.15, 0.2) is 48.5 Å². The Balaban J connectivity index is 1.48. The lowest BCUT2D eigenvalue weighted by molar-refractivity contribution is -0.133. The van der Waals surface area contributed by atoms with Crippen LogP contribution in [0.2, 0.25) is 0 Å². The Morgan fingerprint density at radius 3 is 2.69 bits per heavy atom. The minimum absolute atomic E-state index is 0.00190. The van der Waals surface area contributed by atoms with Gasteiger partial charge in [0.15, 0.2) is 0 Å². The zero-order valence-corrected chi connectivity index (χ0v) is 17.8. The fraction of sp³-hybridized carbons (Fsp3) is 0.435. The van der Waals surface area contributed by atoms with Gasteiger partial charge in [0, 0.05) is 25.0 Å². The molecule has 1 amide bonds. The van der Waals surface area contributed by atoms with Gasteiger partial charge >= 0.3 is 0 Å². The van der Waals surface area contributed by atoms with Gasteiger partial charge in [-0.15, -0.1) is 0 Å². The van der Waals surface area contributed by atoms with Gasteiger partial charge in [-0.3, -0.25) is 4.79 Å². The summed E-state index contributed by atoms with van der Waals surface area (Å²) in [6.07, 6.45) is 3.65. The molecule has 0 radical (unpaired) electrons. The number of hydrogen-bond donors (Lipinski definition) is 1. The van der Waals surface area contributed by atoms with Crippen LogP contribution in [0.5, 0.6) is 0 Å². The van der Waals surface area contributed by atoms with Crippen LogP contribution in [0.25, 0.3) is 11.1 Å². The van der Waals surface area contributed by atoms with E-state index in [1.165, 1.54) is 28.5 Å². The summed E-state index contributed by atoms with van der Waals surface area (Å²) in [6.45, 7) is 3.27. The number of likely N-dealkylation sites (tertiary alicyclic amines) is 1. The Morgan fingerprint density at radius 1 is 1.14 bits per heavy atom. The molecule has 3 unspecified atom stereocenters. The Morgan fingerprint density at radius 2 is 1.93 bits per heavy atom. The standard InChI is InChI=1S/C23H28N2O3S/c1-16-7-5-8-17(13-16)19-10-3-4-11-20(19)21-14-22(21)23(26)25-12-6-9-18(15-25)24-29(2,27)28/h3-5,7-8,10-11,13,18,21-22,24H,6,9,12,14-15H2,1-2H3. The maximum Gasteiger partial charge on any atom is 0.226 e. The summed E-state index contributed by atoms with van der Waals surface area (Å²) in [5.74, 6) is 0.398. The molecule has 3 atom stereocenters. The summed E-state index contributed by atoms with van der Waals surface area (Å²) in [4.78, 5) is 15.0. The third-order valence-corrected chi connectivity index (χ3v) is 6.67. The molecular formula is C23H28N2O3S. The monoisotopic (exact) mass is 412 g/mol. The van der Waals surface area contributed by atoms with Crippen LogP contribution < -0.4 is 4.72 Å². The van der Waals surface area contributed by atoms with E-state index in [0.717, 1.165) is 19.3 Å². The lowest BCUT2D eigenvalue weighted by atomic mass is 9.95. The summed E-state index contributed by atoms with van der Waals surface area (Å²) >= 11 is 0. The Kier molecular flexibility index (Phi) is 5.49. The van der Waals surface area contributed by atoms with E-state index in [2.05, 4.69) is 48.0 Å². The molecule has 1 aliphatic heterocycles. The predicted molar refractivity (Wildman–Crippen MR) is 115 cm³/mol. The lowest BCUT2D eigenvalue weighted by Crippen LogP contribution is -2.49. The summed E-state index contributed by atoms with van der Waals surface area (Å²) < 4.78 is 25.7. The lowest BCUT2D eigenvalue weighted by Gasteiger charge is -2.33. The Labute approximate surface area is 173 Å². The molecule has 154 valence electrons. The SMILES string of the molecule is Cc1cccc(-c2ccccc2C2CC2C(=O)N2CCCC(NS(C)(=O)=O)C2)c1. The van der Waals surface area contributed by atoms with Crippen molar-refractivity contribution in [2.45, 2.75) is 38.1 Å². The molecule has 5 nitrogen and oxygen atoms in total. The van der Waals surface area contributed by atoms with E-state index in [1.54, 1.807) is 0 Å². The maximum atomic E-state index is 13.1. The first-order valence-corrected chi connectivity index (χ1v) is 12.1. The minimum Gasteiger partial charge on any atom is -0.341 e. The zero-order chi connectivity index (χ0) is 20.6. The molecule has 1 aliphatic carbocycles. The van der Waals surface area contributed by atoms with E-state index >= 15 is 0 Å². The predicted octanol–water partition coefficient (Wildman–Crippen LogP) is 3.31. The molecule has 0 aromatic heterocycles. The minimum atomic E-state index is -3.26. The highest BCUT2D eigenvalue weighted by Gasteiger charge is 2.47. The number of sulfonamides is 1. The van der Waals surface area contributed by atoms with Gasteiger partial charge in [0.25, 0.3) is 0 Å². The molecule has 2 fully saturated rings. The van der Waals surface area contributed by atoms with Gasteiger partial charge in [-0.2, -0.15) is 0 Å². The second-order valence-corrected chi connectivity index (χ2v) is 10.2. The van der Waals surface area contributed by atoms with Gasteiger partial charge in [-0.25, -0.2) is 13.1 Å². The van der Waals surface area contributed by atoms with Crippen molar-refractivity contribution in [3.63, 3.8) is 0 Å². The van der Waals surface area contributed by atoms with Crippen LogP contribution in [-0.4, -0.2) is 44.6 Å². The first-order chi connectivity index (χ1) is 13.8. The second-order valence-electron chi connectivity index (χ2n) is 8.42. The molecule has 1 saturated heterocycles. The first-order valence-electron chi connectivity index (χ1n) is 10.2. The fourth-order valence-electron chi connectivity index (χ4n) is 4.52. The summed E-state index contributed by atoms with van der Waals surface area (Å²) in [5.41, 5.74) is 4.85. The van der Waals surface area contributed by atoms with Crippen molar-refractivity contribution >= 4 is 15.9 Å². The van der Waals surface area contributed by atoms with Crippen LogP contribution in [0.4, 0.5) is 0 Å². The average Bonchev–Trinajstić information content (AvgIpc) is 3.47. The number of amides is 1. The van der Waals surface area contributed by atoms with Crippen LogP contribution in [0.1, 0.15) is 36.3 Å². The number of aryl methyl sites for hydroxylation is 1. The molecule has 2 aromatic carbocycles. The summed E-state index contributed by atoms with van der Waals surface area (Å²) in [5, 5.41) is 0. The van der Waals surface area contributed by atoms with Crippen LogP contribution in [0, 0.1) is 12.8 Å². The van der Waals surface area contributed by atoms with Crippen molar-refractivity contribution in [1.29, 1.82) is 0 Å². The van der Waals surface area contributed by atoms with Crippen LogP contribution in [0.3, 0.4) is 0 Å². The molecule has 29 heavy (non-hydrogen) atoms. The van der Waals surface area contributed by atoms with E-state index in [1.807, 2.05) is 17.0 Å². The number of benzene rings is 2. The van der Waals surface area contributed by atoms with E-state index in [4.69, 9.17) is 0 Å². The third-order valence-electron chi connectivity index (χ3n) is 5.91. The van der Waals surface area contributed by atoms with E-state index in [9.17, 15) is 13.2 Å². The van der Waals surface area contributed by atoms with Gasteiger partial charge in [0.2, 0.25) is 15.9 Å². The van der Waals surface area contributed by atoms with Crippen molar-refractivity contribution in [2.75, 3.05) is 19.3 Å². The number of nitrogens with one attached hydrogen (secondary N) is 1. The van der Waals surface area contributed by atoms with E-state index in [0.29, 0.717) is 13.1 Å². The highest BCUT2D eigenvalue weighted by Crippen LogP contribution is 2.51. The van der Waals surface area contributed by atoms with Crippen molar-refractivity contribution in [3.8, 4) is 11.1 Å². The number of nitrogens with zero attached hydrogens (tertiary/aromatic N) is 1. The van der Waals surface area contributed by atoms with Crippen molar-refractivity contribution in [1.82, 2.24) is 9.62 Å². The highest BCUT2D eigenvalue weighted by atomic mass is 32.2. The first kappa shape index (κ1) is 20.1. The molecule has 4 rings (SSSR count). The molecule has 1 saturated carbocycles. The highest BCUT2D eigenvalue weighted by molar-refractivity contribution is 7.88. The van der Waals surface area contributed by atoms with E-state index in [-0.39, 0.29) is 23.8 Å². The zero-order valence-electron chi connectivity index (χ0n) is 17.0. The fourth-order valence-corrected chi connectivity index (χ4v) is 5.32. The quantitative estimate of drug-likeness (QED) is 0.819. The second kappa shape index (κ2) is 7.92. The number of rotatable bonds is 5. The molecule has 6 heteroatoms. The molecule has 2 aliphatic rings. The van der Waals surface area contributed by atoms with Crippen molar-refractivity contribution < 1.29 is 13.2 Å². The van der Waals surface area contributed by atoms with Crippen LogP contribution in [-0.2, 0) is 14.8 Å². The van der Waals surface area contributed by atoms with E-state index < -0.39 is 10.0 Å². The average molecular weight is 413 g/mol. The third kappa shape index (κ3) is 4.70. The molecule has 2 aromatic rings. The number of hydrogen-bond acceptors (Lipinski definition) is 3. The maximum absolute atomic E-state index is 13.1. The van der Waals surface area contributed by atoms with Gasteiger partial charge in [0.1, 0.15) is 0 Å². The molecule has 1 heterocycles. The smallest absolute Gasteiger partial charge is 0.226 e. The summed E-state index contributed by atoms with van der Waals surface area (Å²) in [6, 6.07) is 16.7. The Hall–Kier alpha value is -2.18. The van der Waals surface area contributed by atoms with Gasteiger partial charge in [0.05, 0.1) is 6.26 Å². The van der Waals surface area contributed by atoms with Crippen molar-refractivity contribution in [2.24, 2.45) is 5.92 Å². The molecule has 1 N–H and O–H groups in total. The Bertz CT molecular complexity index is 1020. The molecule has 0 bridgehead atoms. The largest absolute Gasteiger partial charge is 0.341 e. The normalized spacial score (nSPS) is 24.3. The number of carbonyl (C=O) groups is 1. The number of piperidine rings is 1. The van der Waals surface area contributed by atoms with Crippen LogP contribution >= 0.6 is 0 Å². The summed E-state index contributed by atoms with van der Waals surface area (Å²) in [7, 11) is -3.26. The van der Waals surface area contributed by atoms with Gasteiger partial charge in [-0.1, -0.05) is 54.1 Å². The van der Waals surface area contributed by atoms with Gasteiger partial charge < -0.3 is 4.90 Å². The molecule has 0 spiro atoms. The van der Waals surface area contributed by atoms with Gasteiger partial charge in [-0.05, 0) is 48.8 Å². The topological polar surface area (TPSA) is 66.5 Å². The molecular weight excluding hydrogens is 384 g/mol. The van der Waals surface area contributed by atoms with Crippen molar-refractivity contribution in [3.05, 3.63) is 59.7 Å².